The zero-order valence-corrected chi connectivity index (χ0v) is 15.4. The topological polar surface area (TPSA) is 72.0 Å². The summed E-state index contributed by atoms with van der Waals surface area (Å²) in [6.07, 6.45) is 1.19. The largest absolute Gasteiger partial charge is 0.459 e. The van der Waals surface area contributed by atoms with Crippen molar-refractivity contribution in [1.82, 2.24) is 9.88 Å². The summed E-state index contributed by atoms with van der Waals surface area (Å²) < 4.78 is 10.6. The molecule has 0 spiro atoms. The summed E-state index contributed by atoms with van der Waals surface area (Å²) in [4.78, 5) is 32.3. The molecule has 0 unspecified atom stereocenters. The van der Waals surface area contributed by atoms with E-state index in [1.54, 1.807) is 23.2 Å². The van der Waals surface area contributed by atoms with Crippen LogP contribution in [0.4, 0.5) is 10.6 Å². The third kappa shape index (κ3) is 5.34. The lowest BCUT2D eigenvalue weighted by Gasteiger charge is -2.35. The number of pyridine rings is 1. The predicted octanol–water partition coefficient (Wildman–Crippen LogP) is 2.56. The maximum absolute atomic E-state index is 12.3. The summed E-state index contributed by atoms with van der Waals surface area (Å²) in [7, 11) is 0. The smallest absolute Gasteiger partial charge is 0.409 e. The Bertz CT molecular complexity index is 596. The van der Waals surface area contributed by atoms with E-state index in [9.17, 15) is 9.59 Å². The quantitative estimate of drug-likeness (QED) is 0.761. The van der Waals surface area contributed by atoms with Gasteiger partial charge in [0.15, 0.2) is 0 Å². The molecule has 7 nitrogen and oxygen atoms in total. The van der Waals surface area contributed by atoms with Gasteiger partial charge in [0.1, 0.15) is 11.4 Å². The van der Waals surface area contributed by atoms with Crippen molar-refractivity contribution in [2.75, 3.05) is 37.7 Å². The van der Waals surface area contributed by atoms with Gasteiger partial charge in [-0.3, -0.25) is 0 Å². The Kier molecular flexibility index (Phi) is 6.61. The Labute approximate surface area is 148 Å². The minimum atomic E-state index is -0.378. The highest BCUT2D eigenvalue weighted by atomic mass is 16.6. The number of esters is 1. The third-order valence-corrected chi connectivity index (χ3v) is 3.73. The summed E-state index contributed by atoms with van der Waals surface area (Å²) in [6.45, 7) is 10.3. The van der Waals surface area contributed by atoms with Gasteiger partial charge in [-0.05, 0) is 31.9 Å². The zero-order chi connectivity index (χ0) is 18.4. The second kappa shape index (κ2) is 8.69. The van der Waals surface area contributed by atoms with Gasteiger partial charge in [0.05, 0.1) is 12.7 Å². The van der Waals surface area contributed by atoms with Crippen LogP contribution in [0, 0.1) is 5.92 Å². The highest BCUT2D eigenvalue weighted by Crippen LogP contribution is 2.20. The number of carbonyl (C=O) groups excluding carboxylic acids is 2. The molecule has 2 rings (SSSR count). The number of carbonyl (C=O) groups is 2. The molecule has 0 aromatic carbocycles. The molecule has 1 saturated heterocycles. The molecule has 0 radical (unpaired) electrons. The van der Waals surface area contributed by atoms with Crippen molar-refractivity contribution in [2.24, 2.45) is 5.92 Å². The van der Waals surface area contributed by atoms with Crippen molar-refractivity contribution < 1.29 is 19.1 Å². The number of hydrogen-bond donors (Lipinski definition) is 0. The molecule has 1 fully saturated rings. The summed E-state index contributed by atoms with van der Waals surface area (Å²) in [5.74, 6) is 0.536. The fourth-order valence-corrected chi connectivity index (χ4v) is 2.52. The van der Waals surface area contributed by atoms with Gasteiger partial charge in [-0.2, -0.15) is 0 Å². The number of piperazine rings is 1. The van der Waals surface area contributed by atoms with Crippen LogP contribution in [0.3, 0.4) is 0 Å². The number of nitrogens with zero attached hydrogens (tertiary/aromatic N) is 3. The van der Waals surface area contributed by atoms with Gasteiger partial charge in [-0.25, -0.2) is 14.6 Å². The van der Waals surface area contributed by atoms with Crippen LogP contribution in [0.25, 0.3) is 0 Å². The Balaban J connectivity index is 1.99. The van der Waals surface area contributed by atoms with Crippen molar-refractivity contribution in [3.05, 3.63) is 23.9 Å². The molecular weight excluding hydrogens is 322 g/mol. The number of amides is 1. The molecule has 25 heavy (non-hydrogen) atoms. The van der Waals surface area contributed by atoms with Crippen LogP contribution in [0.1, 0.15) is 38.1 Å². The standard InChI is InChI=1S/C18H27N3O4/c1-13(2)12-24-18(23)21-10-8-20(9-11-21)16-15(6-5-7-19-16)17(22)25-14(3)4/h5-7,13-14H,8-12H2,1-4H3. The number of rotatable bonds is 5. The molecule has 0 saturated carbocycles. The SMILES string of the molecule is CC(C)COC(=O)N1CCN(c2ncccc2C(=O)OC(C)C)CC1. The molecule has 1 aromatic heterocycles. The summed E-state index contributed by atoms with van der Waals surface area (Å²) in [6, 6.07) is 3.44. The second-order valence-electron chi connectivity index (χ2n) is 6.77. The number of anilines is 1. The molecule has 0 aliphatic carbocycles. The highest BCUT2D eigenvalue weighted by molar-refractivity contribution is 5.94. The molecule has 1 aliphatic heterocycles. The fraction of sp³-hybridized carbons (Fsp3) is 0.611. The molecular formula is C18H27N3O4. The average Bonchev–Trinajstić information content (AvgIpc) is 2.59. The van der Waals surface area contributed by atoms with Crippen molar-refractivity contribution in [1.29, 1.82) is 0 Å². The Morgan fingerprint density at radius 1 is 1.16 bits per heavy atom. The normalized spacial score (nSPS) is 14.8. The van der Waals surface area contributed by atoms with Crippen LogP contribution in [0.2, 0.25) is 0 Å². The van der Waals surface area contributed by atoms with Crippen LogP contribution < -0.4 is 4.90 Å². The van der Waals surface area contributed by atoms with E-state index >= 15 is 0 Å². The van der Waals surface area contributed by atoms with Gasteiger partial charge >= 0.3 is 12.1 Å². The minimum Gasteiger partial charge on any atom is -0.459 e. The lowest BCUT2D eigenvalue weighted by molar-refractivity contribution is 0.0377. The van der Waals surface area contributed by atoms with Crippen LogP contribution in [0.5, 0.6) is 0 Å². The second-order valence-corrected chi connectivity index (χ2v) is 6.77. The molecule has 2 heterocycles. The zero-order valence-electron chi connectivity index (χ0n) is 15.4. The Morgan fingerprint density at radius 2 is 1.84 bits per heavy atom. The van der Waals surface area contributed by atoms with E-state index in [0.29, 0.717) is 50.1 Å². The van der Waals surface area contributed by atoms with Crippen LogP contribution >= 0.6 is 0 Å². The van der Waals surface area contributed by atoms with Gasteiger partial charge in [-0.15, -0.1) is 0 Å². The van der Waals surface area contributed by atoms with E-state index in [0.717, 1.165) is 0 Å². The molecule has 0 bridgehead atoms. The third-order valence-electron chi connectivity index (χ3n) is 3.73. The lowest BCUT2D eigenvalue weighted by Crippen LogP contribution is -2.49. The van der Waals surface area contributed by atoms with Gasteiger partial charge in [-0.1, -0.05) is 13.8 Å². The summed E-state index contributed by atoms with van der Waals surface area (Å²) in [5.41, 5.74) is 0.451. The first-order valence-electron chi connectivity index (χ1n) is 8.71. The number of hydrogen-bond acceptors (Lipinski definition) is 6. The van der Waals surface area contributed by atoms with Crippen molar-refractivity contribution >= 4 is 17.9 Å². The van der Waals surface area contributed by atoms with Crippen LogP contribution in [-0.2, 0) is 9.47 Å². The molecule has 7 heteroatoms. The molecule has 0 N–H and O–H groups in total. The maximum atomic E-state index is 12.3. The van der Waals surface area contributed by atoms with Crippen molar-refractivity contribution in [3.63, 3.8) is 0 Å². The fourth-order valence-electron chi connectivity index (χ4n) is 2.52. The highest BCUT2D eigenvalue weighted by Gasteiger charge is 2.26. The number of ether oxygens (including phenoxy) is 2. The Hall–Kier alpha value is -2.31. The first kappa shape index (κ1) is 19.0. The first-order valence-corrected chi connectivity index (χ1v) is 8.71. The van der Waals surface area contributed by atoms with Gasteiger partial charge in [0.25, 0.3) is 0 Å². The van der Waals surface area contributed by atoms with Gasteiger partial charge < -0.3 is 19.3 Å². The van der Waals surface area contributed by atoms with Crippen LogP contribution in [0.15, 0.2) is 18.3 Å². The Morgan fingerprint density at radius 3 is 2.44 bits per heavy atom. The van der Waals surface area contributed by atoms with E-state index in [-0.39, 0.29) is 18.2 Å². The van der Waals surface area contributed by atoms with Crippen molar-refractivity contribution in [2.45, 2.75) is 33.8 Å². The van der Waals surface area contributed by atoms with E-state index in [1.807, 2.05) is 32.6 Å². The number of aromatic nitrogens is 1. The van der Waals surface area contributed by atoms with E-state index in [2.05, 4.69) is 4.98 Å². The molecule has 0 atom stereocenters. The molecule has 138 valence electrons. The van der Waals surface area contributed by atoms with E-state index in [1.165, 1.54) is 0 Å². The van der Waals surface area contributed by atoms with E-state index in [4.69, 9.17) is 9.47 Å². The molecule has 1 aromatic rings. The average molecular weight is 349 g/mol. The van der Waals surface area contributed by atoms with Crippen LogP contribution in [-0.4, -0.2) is 60.8 Å². The van der Waals surface area contributed by atoms with Gasteiger partial charge in [0.2, 0.25) is 0 Å². The summed E-state index contributed by atoms with van der Waals surface area (Å²) >= 11 is 0. The lowest BCUT2D eigenvalue weighted by atomic mass is 10.2. The first-order chi connectivity index (χ1) is 11.9. The molecule has 1 amide bonds. The maximum Gasteiger partial charge on any atom is 0.409 e. The van der Waals surface area contributed by atoms with E-state index < -0.39 is 0 Å². The van der Waals surface area contributed by atoms with Crippen molar-refractivity contribution in [3.8, 4) is 0 Å². The van der Waals surface area contributed by atoms with Gasteiger partial charge in [0, 0.05) is 32.4 Å². The predicted molar refractivity (Wildman–Crippen MR) is 94.8 cm³/mol. The molecule has 1 aliphatic rings. The summed E-state index contributed by atoms with van der Waals surface area (Å²) in [5, 5.41) is 0. The minimum absolute atomic E-state index is 0.187. The monoisotopic (exact) mass is 349 g/mol.